The predicted molar refractivity (Wildman–Crippen MR) is 97.2 cm³/mol. The molecule has 2 aromatic carbocycles. The first-order chi connectivity index (χ1) is 12.9. The van der Waals surface area contributed by atoms with Gasteiger partial charge in [-0.2, -0.15) is 0 Å². The molecular weight excluding hydrogens is 351 g/mol. The highest BCUT2D eigenvalue weighted by molar-refractivity contribution is 5.96. The Kier molecular flexibility index (Phi) is 7.05. The standard InChI is InChI=1S/C20H21FN2O4/c1-13(23-19(25)16-6-4-3-5-7-16)20(26)27-14(2)18(24)22-12-15-8-10-17(21)11-9-15/h3-11,13-14H,12H2,1-2H3,(H,22,24)(H,23,25)/t13-,14?/m0/s1. The summed E-state index contributed by atoms with van der Waals surface area (Å²) in [5.74, 6) is -1.98. The Labute approximate surface area is 156 Å². The molecule has 2 rings (SSSR count). The van der Waals surface area contributed by atoms with Gasteiger partial charge in [0.1, 0.15) is 11.9 Å². The van der Waals surface area contributed by atoms with Crippen LogP contribution in [0.1, 0.15) is 29.8 Å². The number of carbonyl (C=O) groups excluding carboxylic acids is 3. The van der Waals surface area contributed by atoms with Crippen molar-refractivity contribution in [3.63, 3.8) is 0 Å². The second-order valence-corrected chi connectivity index (χ2v) is 5.98. The number of rotatable bonds is 7. The lowest BCUT2D eigenvalue weighted by molar-refractivity contribution is -0.156. The van der Waals surface area contributed by atoms with E-state index in [1.807, 2.05) is 0 Å². The van der Waals surface area contributed by atoms with E-state index in [0.717, 1.165) is 0 Å². The fourth-order valence-corrected chi connectivity index (χ4v) is 2.19. The Balaban J connectivity index is 1.80. The summed E-state index contributed by atoms with van der Waals surface area (Å²) >= 11 is 0. The lowest BCUT2D eigenvalue weighted by Gasteiger charge is -2.17. The van der Waals surface area contributed by atoms with Gasteiger partial charge in [0.05, 0.1) is 0 Å². The molecule has 2 atom stereocenters. The number of hydrogen-bond acceptors (Lipinski definition) is 4. The molecule has 0 aromatic heterocycles. The molecule has 2 N–H and O–H groups in total. The first kappa shape index (κ1) is 20.1. The summed E-state index contributed by atoms with van der Waals surface area (Å²) in [6, 6.07) is 13.2. The molecule has 27 heavy (non-hydrogen) atoms. The molecule has 0 saturated heterocycles. The molecule has 2 aromatic rings. The van der Waals surface area contributed by atoms with Gasteiger partial charge >= 0.3 is 5.97 Å². The van der Waals surface area contributed by atoms with Crippen LogP contribution >= 0.6 is 0 Å². The van der Waals surface area contributed by atoms with E-state index in [4.69, 9.17) is 4.74 Å². The summed E-state index contributed by atoms with van der Waals surface area (Å²) in [4.78, 5) is 36.2. The number of ether oxygens (including phenoxy) is 1. The first-order valence-corrected chi connectivity index (χ1v) is 8.45. The second kappa shape index (κ2) is 9.47. The summed E-state index contributed by atoms with van der Waals surface area (Å²) in [7, 11) is 0. The van der Waals surface area contributed by atoms with Gasteiger partial charge in [-0.3, -0.25) is 9.59 Å². The monoisotopic (exact) mass is 372 g/mol. The van der Waals surface area contributed by atoms with Crippen LogP contribution in [0.15, 0.2) is 54.6 Å². The van der Waals surface area contributed by atoms with Gasteiger partial charge in [0.25, 0.3) is 11.8 Å². The highest BCUT2D eigenvalue weighted by Gasteiger charge is 2.23. The van der Waals surface area contributed by atoms with Gasteiger partial charge in [-0.25, -0.2) is 9.18 Å². The van der Waals surface area contributed by atoms with E-state index >= 15 is 0 Å². The topological polar surface area (TPSA) is 84.5 Å². The van der Waals surface area contributed by atoms with Crippen LogP contribution in [0.2, 0.25) is 0 Å². The van der Waals surface area contributed by atoms with E-state index in [2.05, 4.69) is 10.6 Å². The minimum atomic E-state index is -1.03. The average Bonchev–Trinajstić information content (AvgIpc) is 2.67. The van der Waals surface area contributed by atoms with Crippen molar-refractivity contribution in [1.82, 2.24) is 10.6 Å². The molecule has 142 valence electrons. The lowest BCUT2D eigenvalue weighted by atomic mass is 10.2. The molecule has 0 radical (unpaired) electrons. The lowest BCUT2D eigenvalue weighted by Crippen LogP contribution is -2.43. The molecule has 0 fully saturated rings. The van der Waals surface area contributed by atoms with Crippen LogP contribution in [-0.4, -0.2) is 29.9 Å². The van der Waals surface area contributed by atoms with E-state index in [9.17, 15) is 18.8 Å². The van der Waals surface area contributed by atoms with Crippen molar-refractivity contribution in [1.29, 1.82) is 0 Å². The highest BCUT2D eigenvalue weighted by Crippen LogP contribution is 2.04. The van der Waals surface area contributed by atoms with E-state index < -0.39 is 29.9 Å². The van der Waals surface area contributed by atoms with Crippen molar-refractivity contribution in [3.8, 4) is 0 Å². The third-order valence-electron chi connectivity index (χ3n) is 3.78. The van der Waals surface area contributed by atoms with Crippen LogP contribution in [0.5, 0.6) is 0 Å². The van der Waals surface area contributed by atoms with Gasteiger partial charge in [0, 0.05) is 12.1 Å². The molecule has 0 spiro atoms. The molecule has 2 amide bonds. The maximum atomic E-state index is 12.9. The number of halogens is 1. The van der Waals surface area contributed by atoms with Crippen LogP contribution in [0.25, 0.3) is 0 Å². The van der Waals surface area contributed by atoms with Crippen LogP contribution in [0.3, 0.4) is 0 Å². The normalized spacial score (nSPS) is 12.6. The molecule has 6 nitrogen and oxygen atoms in total. The van der Waals surface area contributed by atoms with Gasteiger partial charge in [0.2, 0.25) is 0 Å². The Hall–Kier alpha value is -3.22. The van der Waals surface area contributed by atoms with Gasteiger partial charge in [-0.15, -0.1) is 0 Å². The Morgan fingerprint density at radius 3 is 2.26 bits per heavy atom. The zero-order valence-corrected chi connectivity index (χ0v) is 15.1. The van der Waals surface area contributed by atoms with Crippen LogP contribution < -0.4 is 10.6 Å². The van der Waals surface area contributed by atoms with Gasteiger partial charge in [-0.05, 0) is 43.7 Å². The molecule has 1 unspecified atom stereocenters. The molecule has 0 aliphatic carbocycles. The molecule has 0 bridgehead atoms. The maximum Gasteiger partial charge on any atom is 0.329 e. The third-order valence-corrected chi connectivity index (χ3v) is 3.78. The van der Waals surface area contributed by atoms with Crippen molar-refractivity contribution in [2.24, 2.45) is 0 Å². The summed E-state index contributed by atoms with van der Waals surface area (Å²) in [6.45, 7) is 3.09. The quantitative estimate of drug-likeness (QED) is 0.730. The Bertz CT molecular complexity index is 793. The maximum absolute atomic E-state index is 12.9. The Morgan fingerprint density at radius 2 is 1.63 bits per heavy atom. The van der Waals surface area contributed by atoms with Gasteiger partial charge < -0.3 is 15.4 Å². The van der Waals surface area contributed by atoms with Crippen molar-refractivity contribution in [2.45, 2.75) is 32.5 Å². The van der Waals surface area contributed by atoms with Crippen molar-refractivity contribution in [3.05, 3.63) is 71.5 Å². The zero-order valence-electron chi connectivity index (χ0n) is 15.1. The minimum Gasteiger partial charge on any atom is -0.451 e. The number of nitrogens with one attached hydrogen (secondary N) is 2. The smallest absolute Gasteiger partial charge is 0.329 e. The fraction of sp³-hybridized carbons (Fsp3) is 0.250. The minimum absolute atomic E-state index is 0.182. The summed E-state index contributed by atoms with van der Waals surface area (Å²) in [5.41, 5.74) is 1.13. The van der Waals surface area contributed by atoms with E-state index in [1.165, 1.54) is 26.0 Å². The molecule has 0 aliphatic heterocycles. The second-order valence-electron chi connectivity index (χ2n) is 5.98. The number of carbonyl (C=O) groups is 3. The van der Waals surface area contributed by atoms with Crippen molar-refractivity contribution in [2.75, 3.05) is 0 Å². The summed E-state index contributed by atoms with van der Waals surface area (Å²) in [5, 5.41) is 5.13. The number of hydrogen-bond donors (Lipinski definition) is 2. The SMILES string of the molecule is CC(OC(=O)[C@H](C)NC(=O)c1ccccc1)C(=O)NCc1ccc(F)cc1. The largest absolute Gasteiger partial charge is 0.451 e. The van der Waals surface area contributed by atoms with Gasteiger partial charge in [-0.1, -0.05) is 30.3 Å². The predicted octanol–water partition coefficient (Wildman–Crippen LogP) is 2.19. The average molecular weight is 372 g/mol. The Morgan fingerprint density at radius 1 is 1.00 bits per heavy atom. The summed E-state index contributed by atoms with van der Waals surface area (Å²) < 4.78 is 17.9. The van der Waals surface area contributed by atoms with E-state index in [1.54, 1.807) is 42.5 Å². The fourth-order valence-electron chi connectivity index (χ4n) is 2.19. The van der Waals surface area contributed by atoms with Gasteiger partial charge in [0.15, 0.2) is 6.10 Å². The molecular formula is C20H21FN2O4. The van der Waals surface area contributed by atoms with Crippen LogP contribution in [-0.2, 0) is 20.9 Å². The van der Waals surface area contributed by atoms with Crippen LogP contribution in [0, 0.1) is 5.82 Å². The number of esters is 1. The molecule has 0 saturated carbocycles. The first-order valence-electron chi connectivity index (χ1n) is 8.45. The number of benzene rings is 2. The highest BCUT2D eigenvalue weighted by atomic mass is 19.1. The number of amides is 2. The molecule has 0 heterocycles. The summed E-state index contributed by atoms with van der Waals surface area (Å²) in [6.07, 6.45) is -1.03. The third kappa shape index (κ3) is 6.22. The van der Waals surface area contributed by atoms with E-state index in [0.29, 0.717) is 11.1 Å². The van der Waals surface area contributed by atoms with Crippen LogP contribution in [0.4, 0.5) is 4.39 Å². The van der Waals surface area contributed by atoms with Crippen molar-refractivity contribution >= 4 is 17.8 Å². The van der Waals surface area contributed by atoms with E-state index in [-0.39, 0.29) is 12.4 Å². The molecule has 7 heteroatoms. The molecule has 0 aliphatic rings. The zero-order chi connectivity index (χ0) is 19.8. The van der Waals surface area contributed by atoms with Crippen molar-refractivity contribution < 1.29 is 23.5 Å².